The van der Waals surface area contributed by atoms with Crippen molar-refractivity contribution in [2.75, 3.05) is 0 Å². The van der Waals surface area contributed by atoms with Crippen LogP contribution >= 0.6 is 11.8 Å². The molecule has 44 heavy (non-hydrogen) atoms. The number of aromatic nitrogens is 3. The maximum absolute atomic E-state index is 14.4. The molecule has 0 aliphatic heterocycles. The van der Waals surface area contributed by atoms with Crippen molar-refractivity contribution in [2.24, 2.45) is 5.41 Å². The lowest BCUT2D eigenvalue weighted by molar-refractivity contribution is -0.146. The van der Waals surface area contributed by atoms with Gasteiger partial charge < -0.3 is 14.4 Å². The molecule has 0 aliphatic carbocycles. The Bertz CT molecular complexity index is 1790. The highest BCUT2D eigenvalue weighted by atomic mass is 32.2. The van der Waals surface area contributed by atoms with Crippen molar-refractivity contribution in [3.05, 3.63) is 107 Å². The lowest BCUT2D eigenvalue weighted by atomic mass is 9.88. The molecule has 0 amide bonds. The Morgan fingerprint density at radius 2 is 1.75 bits per heavy atom. The number of halogens is 1. The van der Waals surface area contributed by atoms with E-state index in [1.54, 1.807) is 37.9 Å². The second-order valence-corrected chi connectivity index (χ2v) is 14.6. The molecule has 5 rings (SSSR count). The van der Waals surface area contributed by atoms with Gasteiger partial charge in [-0.25, -0.2) is 4.39 Å². The van der Waals surface area contributed by atoms with E-state index >= 15 is 0 Å². The molecule has 8 heteroatoms. The topological polar surface area (TPSA) is 77.2 Å². The molecular formula is C36H38FN3O3S. The highest BCUT2D eigenvalue weighted by molar-refractivity contribution is 8.00. The van der Waals surface area contributed by atoms with Crippen LogP contribution in [0.25, 0.3) is 22.2 Å². The number of aryl methyl sites for hydroxylation is 1. The summed E-state index contributed by atoms with van der Waals surface area (Å²) in [5.41, 5.74) is 4.92. The first-order valence-corrected chi connectivity index (χ1v) is 15.4. The summed E-state index contributed by atoms with van der Waals surface area (Å²) in [4.78, 5) is 22.0. The van der Waals surface area contributed by atoms with Crippen LogP contribution in [0.1, 0.15) is 57.1 Å². The molecule has 2 aromatic carbocycles. The number of fused-ring (bicyclic) bond motifs is 1. The molecule has 5 aromatic rings. The molecule has 1 N–H and O–H groups in total. The van der Waals surface area contributed by atoms with Gasteiger partial charge in [-0.15, -0.1) is 11.8 Å². The van der Waals surface area contributed by atoms with Gasteiger partial charge in [0.05, 0.1) is 11.1 Å². The van der Waals surface area contributed by atoms with E-state index in [9.17, 15) is 14.3 Å². The SMILES string of the molecule is Cc1ccc(COc2ccc3c(c2)c(SC(C)(C)C)c(CC(C)(C)C(=O)O)n3Cc2ccc(-c3ncccc3F)cc2)nc1. The fraction of sp³-hybridized carbons (Fsp3) is 0.306. The van der Waals surface area contributed by atoms with E-state index in [0.29, 0.717) is 30.8 Å². The van der Waals surface area contributed by atoms with Crippen molar-refractivity contribution in [2.45, 2.75) is 70.8 Å². The minimum Gasteiger partial charge on any atom is -0.487 e. The van der Waals surface area contributed by atoms with E-state index in [4.69, 9.17) is 4.74 Å². The number of hydrogen-bond acceptors (Lipinski definition) is 5. The van der Waals surface area contributed by atoms with Gasteiger partial charge in [-0.3, -0.25) is 14.8 Å². The maximum atomic E-state index is 14.4. The molecule has 0 atom stereocenters. The Morgan fingerprint density at radius 3 is 2.39 bits per heavy atom. The molecule has 0 radical (unpaired) electrons. The van der Waals surface area contributed by atoms with Crippen molar-refractivity contribution in [3.8, 4) is 17.0 Å². The highest BCUT2D eigenvalue weighted by Gasteiger charge is 2.33. The van der Waals surface area contributed by atoms with Gasteiger partial charge in [0, 0.05) is 57.2 Å². The number of benzene rings is 2. The predicted molar refractivity (Wildman–Crippen MR) is 175 cm³/mol. The zero-order valence-corrected chi connectivity index (χ0v) is 26.8. The second kappa shape index (κ2) is 12.4. The standard InChI is InChI=1S/C36H38FN3O3S/c1-23-9-14-26(39-20-23)22-43-27-15-16-30-28(18-27)33(44-35(2,3)4)31(19-36(5,6)34(41)42)40(30)21-24-10-12-25(13-11-24)32-29(37)8-7-17-38-32/h7-18,20H,19,21-22H2,1-6H3,(H,41,42). The van der Waals surface area contributed by atoms with Crippen molar-refractivity contribution in [1.29, 1.82) is 0 Å². The van der Waals surface area contributed by atoms with E-state index < -0.39 is 11.4 Å². The minimum atomic E-state index is -0.990. The number of nitrogens with zero attached hydrogens (tertiary/aromatic N) is 3. The van der Waals surface area contributed by atoms with Gasteiger partial charge in [0.25, 0.3) is 0 Å². The molecule has 0 fully saturated rings. The molecule has 0 aliphatic rings. The average Bonchev–Trinajstić information content (AvgIpc) is 3.22. The number of pyridine rings is 2. The molecule has 0 saturated heterocycles. The normalized spacial score (nSPS) is 12.1. The molecule has 0 saturated carbocycles. The van der Waals surface area contributed by atoms with Crippen molar-refractivity contribution in [1.82, 2.24) is 14.5 Å². The van der Waals surface area contributed by atoms with E-state index in [0.717, 1.165) is 44.1 Å². The third kappa shape index (κ3) is 7.13. The van der Waals surface area contributed by atoms with E-state index in [2.05, 4.69) is 47.4 Å². The molecule has 3 aromatic heterocycles. The lowest BCUT2D eigenvalue weighted by Gasteiger charge is -2.24. The zero-order chi connectivity index (χ0) is 31.6. The third-order valence-electron chi connectivity index (χ3n) is 7.37. The molecule has 0 spiro atoms. The molecular weight excluding hydrogens is 573 g/mol. The van der Waals surface area contributed by atoms with E-state index in [1.807, 2.05) is 55.6 Å². The van der Waals surface area contributed by atoms with Gasteiger partial charge in [0.1, 0.15) is 23.9 Å². The van der Waals surface area contributed by atoms with Gasteiger partial charge in [0.15, 0.2) is 0 Å². The van der Waals surface area contributed by atoms with Gasteiger partial charge in [-0.05, 0) is 68.3 Å². The number of carbonyl (C=O) groups is 1. The largest absolute Gasteiger partial charge is 0.487 e. The van der Waals surface area contributed by atoms with Crippen LogP contribution in [-0.2, 0) is 24.4 Å². The zero-order valence-electron chi connectivity index (χ0n) is 26.0. The van der Waals surface area contributed by atoms with Gasteiger partial charge >= 0.3 is 5.97 Å². The number of aliphatic carboxylic acids is 1. The predicted octanol–water partition coefficient (Wildman–Crippen LogP) is 8.72. The fourth-order valence-electron chi connectivity index (χ4n) is 5.01. The Kier molecular flexibility index (Phi) is 8.84. The summed E-state index contributed by atoms with van der Waals surface area (Å²) >= 11 is 1.74. The fourth-order valence-corrected chi connectivity index (χ4v) is 6.19. The maximum Gasteiger partial charge on any atom is 0.309 e. The quantitative estimate of drug-likeness (QED) is 0.159. The van der Waals surface area contributed by atoms with Gasteiger partial charge in [0.2, 0.25) is 0 Å². The Balaban J connectivity index is 1.59. The summed E-state index contributed by atoms with van der Waals surface area (Å²) in [6, 6.07) is 20.7. The smallest absolute Gasteiger partial charge is 0.309 e. The van der Waals surface area contributed by atoms with Crippen LogP contribution in [0.3, 0.4) is 0 Å². The number of hydrogen-bond donors (Lipinski definition) is 1. The van der Waals surface area contributed by atoms with Crippen LogP contribution in [0.15, 0.2) is 84.0 Å². The minimum absolute atomic E-state index is 0.127. The summed E-state index contributed by atoms with van der Waals surface area (Å²) in [6.07, 6.45) is 3.75. The Labute approximate surface area is 262 Å². The summed E-state index contributed by atoms with van der Waals surface area (Å²) in [7, 11) is 0. The van der Waals surface area contributed by atoms with Gasteiger partial charge in [-0.1, -0.05) is 51.1 Å². The van der Waals surface area contributed by atoms with Gasteiger partial charge in [-0.2, -0.15) is 0 Å². The summed E-state index contributed by atoms with van der Waals surface area (Å²) in [5, 5.41) is 11.1. The van der Waals surface area contributed by atoms with E-state index in [-0.39, 0.29) is 10.6 Å². The number of ether oxygens (including phenoxy) is 1. The first-order valence-electron chi connectivity index (χ1n) is 14.6. The highest BCUT2D eigenvalue weighted by Crippen LogP contribution is 2.44. The van der Waals surface area contributed by atoms with Crippen LogP contribution in [0.5, 0.6) is 5.75 Å². The number of carboxylic acid groups (broad SMARTS) is 1. The molecule has 6 nitrogen and oxygen atoms in total. The monoisotopic (exact) mass is 611 g/mol. The summed E-state index contributed by atoms with van der Waals surface area (Å²) in [6.45, 7) is 12.9. The molecule has 228 valence electrons. The number of carboxylic acids is 1. The summed E-state index contributed by atoms with van der Waals surface area (Å²) < 4.78 is 22.7. The van der Waals surface area contributed by atoms with Crippen molar-refractivity contribution >= 4 is 28.6 Å². The second-order valence-electron chi connectivity index (χ2n) is 12.8. The number of rotatable bonds is 10. The Hall–Kier alpha value is -4.17. The number of thioether (sulfide) groups is 1. The molecule has 0 unspecified atom stereocenters. The molecule has 0 bridgehead atoms. The van der Waals surface area contributed by atoms with Crippen molar-refractivity contribution < 1.29 is 19.0 Å². The van der Waals surface area contributed by atoms with Crippen molar-refractivity contribution in [3.63, 3.8) is 0 Å². The van der Waals surface area contributed by atoms with Crippen LogP contribution in [0, 0.1) is 18.2 Å². The first-order chi connectivity index (χ1) is 20.8. The average molecular weight is 612 g/mol. The third-order valence-corrected chi connectivity index (χ3v) is 8.65. The molecule has 3 heterocycles. The summed E-state index contributed by atoms with van der Waals surface area (Å²) in [5.74, 6) is -0.495. The lowest BCUT2D eigenvalue weighted by Crippen LogP contribution is -2.28. The van der Waals surface area contributed by atoms with Crippen LogP contribution in [0.2, 0.25) is 0 Å². The Morgan fingerprint density at radius 1 is 1.00 bits per heavy atom. The van der Waals surface area contributed by atoms with Crippen LogP contribution in [0.4, 0.5) is 4.39 Å². The van der Waals surface area contributed by atoms with Crippen LogP contribution in [-0.4, -0.2) is 30.4 Å². The van der Waals surface area contributed by atoms with E-state index in [1.165, 1.54) is 6.07 Å². The van der Waals surface area contributed by atoms with Crippen LogP contribution < -0.4 is 4.74 Å². The first kappa shape index (κ1) is 31.3.